The Morgan fingerprint density at radius 2 is 2.19 bits per heavy atom. The fourth-order valence-corrected chi connectivity index (χ4v) is 3.22. The topological polar surface area (TPSA) is 42.7 Å². The summed E-state index contributed by atoms with van der Waals surface area (Å²) in [6.07, 6.45) is 12.6. The molecule has 0 spiro atoms. The molecule has 0 aliphatic heterocycles. The van der Waals surface area contributed by atoms with Crippen molar-refractivity contribution in [2.75, 3.05) is 5.32 Å². The van der Waals surface area contributed by atoms with Gasteiger partial charge in [-0.3, -0.25) is 4.57 Å². The van der Waals surface area contributed by atoms with Crippen molar-refractivity contribution in [1.29, 1.82) is 0 Å². The van der Waals surface area contributed by atoms with Crippen LogP contribution in [-0.4, -0.2) is 20.6 Å². The molecule has 2 aromatic rings. The van der Waals surface area contributed by atoms with E-state index in [0.29, 0.717) is 6.04 Å². The van der Waals surface area contributed by atoms with Gasteiger partial charge in [0.1, 0.15) is 12.1 Å². The molecular weight excluding hydrogens is 260 g/mol. The van der Waals surface area contributed by atoms with Crippen LogP contribution < -0.4 is 5.32 Å². The molecular formula is C17H24N4. The van der Waals surface area contributed by atoms with E-state index in [4.69, 9.17) is 0 Å². The quantitative estimate of drug-likeness (QED) is 0.926. The highest BCUT2D eigenvalue weighted by Gasteiger charge is 2.23. The highest BCUT2D eigenvalue weighted by atomic mass is 15.1. The molecule has 2 heterocycles. The van der Waals surface area contributed by atoms with E-state index in [0.717, 1.165) is 23.3 Å². The van der Waals surface area contributed by atoms with Gasteiger partial charge in [-0.05, 0) is 36.8 Å². The second-order valence-corrected chi connectivity index (χ2v) is 6.39. The molecule has 1 fully saturated rings. The summed E-state index contributed by atoms with van der Waals surface area (Å²) in [5.74, 6) is 2.55. The van der Waals surface area contributed by atoms with E-state index < -0.39 is 0 Å². The van der Waals surface area contributed by atoms with Gasteiger partial charge in [-0.1, -0.05) is 26.7 Å². The van der Waals surface area contributed by atoms with Gasteiger partial charge in [0, 0.05) is 18.4 Å². The molecule has 0 saturated heterocycles. The van der Waals surface area contributed by atoms with Gasteiger partial charge in [0.2, 0.25) is 0 Å². The fourth-order valence-electron chi connectivity index (χ4n) is 3.22. The van der Waals surface area contributed by atoms with Crippen molar-refractivity contribution in [3.8, 4) is 5.82 Å². The van der Waals surface area contributed by atoms with E-state index in [1.54, 1.807) is 12.5 Å². The third kappa shape index (κ3) is 3.43. The average molecular weight is 284 g/mol. The van der Waals surface area contributed by atoms with Crippen LogP contribution in [0.4, 0.5) is 5.69 Å². The first kappa shape index (κ1) is 14.1. The van der Waals surface area contributed by atoms with Crippen LogP contribution in [0.25, 0.3) is 5.82 Å². The minimum Gasteiger partial charge on any atom is -0.381 e. The van der Waals surface area contributed by atoms with Crippen LogP contribution in [0.1, 0.15) is 39.5 Å². The van der Waals surface area contributed by atoms with Crippen molar-refractivity contribution >= 4 is 5.69 Å². The van der Waals surface area contributed by atoms with E-state index in [9.17, 15) is 0 Å². The highest BCUT2D eigenvalue weighted by molar-refractivity contribution is 5.44. The molecule has 1 N–H and O–H groups in total. The van der Waals surface area contributed by atoms with Gasteiger partial charge in [0.15, 0.2) is 0 Å². The Morgan fingerprint density at radius 3 is 2.86 bits per heavy atom. The van der Waals surface area contributed by atoms with Gasteiger partial charge in [0.25, 0.3) is 0 Å². The molecule has 3 rings (SSSR count). The Labute approximate surface area is 126 Å². The van der Waals surface area contributed by atoms with Crippen LogP contribution in [0.5, 0.6) is 0 Å². The zero-order valence-electron chi connectivity index (χ0n) is 12.9. The van der Waals surface area contributed by atoms with Crippen LogP contribution in [0.2, 0.25) is 0 Å². The van der Waals surface area contributed by atoms with Crippen LogP contribution in [0, 0.1) is 11.8 Å². The summed E-state index contributed by atoms with van der Waals surface area (Å²) < 4.78 is 1.92. The normalized spacial score (nSPS) is 22.4. The number of anilines is 1. The molecule has 0 amide bonds. The van der Waals surface area contributed by atoms with Gasteiger partial charge >= 0.3 is 0 Å². The molecule has 0 bridgehead atoms. The average Bonchev–Trinajstić information content (AvgIpc) is 3.02. The lowest BCUT2D eigenvalue weighted by Crippen LogP contribution is -2.29. The van der Waals surface area contributed by atoms with Crippen LogP contribution >= 0.6 is 0 Å². The van der Waals surface area contributed by atoms with Crippen molar-refractivity contribution in [2.24, 2.45) is 11.8 Å². The zero-order valence-corrected chi connectivity index (χ0v) is 12.9. The fraction of sp³-hybridized carbons (Fsp3) is 0.529. The first-order valence-electron chi connectivity index (χ1n) is 7.93. The first-order valence-corrected chi connectivity index (χ1v) is 7.93. The van der Waals surface area contributed by atoms with E-state index in [-0.39, 0.29) is 0 Å². The highest BCUT2D eigenvalue weighted by Crippen LogP contribution is 2.31. The van der Waals surface area contributed by atoms with Crippen molar-refractivity contribution in [2.45, 2.75) is 45.6 Å². The molecule has 0 radical (unpaired) electrons. The number of nitrogens with one attached hydrogen (secondary N) is 1. The predicted octanol–water partition coefficient (Wildman–Crippen LogP) is 3.89. The second-order valence-electron chi connectivity index (χ2n) is 6.39. The molecule has 1 aliphatic rings. The molecule has 2 unspecified atom stereocenters. The lowest BCUT2D eigenvalue weighted by Gasteiger charge is -2.32. The second kappa shape index (κ2) is 6.29. The third-order valence-electron chi connectivity index (χ3n) is 4.55. The van der Waals surface area contributed by atoms with Gasteiger partial charge < -0.3 is 5.32 Å². The Kier molecular flexibility index (Phi) is 4.23. The van der Waals surface area contributed by atoms with E-state index in [1.165, 1.54) is 25.7 Å². The summed E-state index contributed by atoms with van der Waals surface area (Å²) in [5.41, 5.74) is 1.12. The van der Waals surface area contributed by atoms with Crippen molar-refractivity contribution in [1.82, 2.24) is 14.5 Å². The lowest BCUT2D eigenvalue weighted by atomic mass is 9.79. The van der Waals surface area contributed by atoms with E-state index in [2.05, 4.69) is 35.2 Å². The smallest absolute Gasteiger partial charge is 0.137 e. The lowest BCUT2D eigenvalue weighted by molar-refractivity contribution is 0.264. The van der Waals surface area contributed by atoms with E-state index >= 15 is 0 Å². The standard InChI is InChI=1S/C17H24N4/c1-13(2)14-4-3-5-15(10-14)20-16-6-7-17(19-11-16)21-9-8-18-12-21/h6-9,11-15,20H,3-5,10H2,1-2H3. The monoisotopic (exact) mass is 284 g/mol. The summed E-state index contributed by atoms with van der Waals surface area (Å²) in [7, 11) is 0. The number of imidazole rings is 1. The minimum atomic E-state index is 0.590. The number of nitrogens with zero attached hydrogens (tertiary/aromatic N) is 3. The molecule has 2 aromatic heterocycles. The Bertz CT molecular complexity index is 545. The number of hydrogen-bond donors (Lipinski definition) is 1. The van der Waals surface area contributed by atoms with E-state index in [1.807, 2.05) is 23.0 Å². The van der Waals surface area contributed by atoms with Crippen LogP contribution in [0.3, 0.4) is 0 Å². The number of aromatic nitrogens is 3. The zero-order chi connectivity index (χ0) is 14.7. The Morgan fingerprint density at radius 1 is 1.29 bits per heavy atom. The molecule has 4 nitrogen and oxygen atoms in total. The minimum absolute atomic E-state index is 0.590. The van der Waals surface area contributed by atoms with Crippen molar-refractivity contribution in [3.05, 3.63) is 37.1 Å². The maximum Gasteiger partial charge on any atom is 0.137 e. The number of rotatable bonds is 4. The molecule has 2 atom stereocenters. The SMILES string of the molecule is CC(C)C1CCCC(Nc2ccc(-n3ccnc3)nc2)C1. The maximum absolute atomic E-state index is 4.50. The molecule has 1 aliphatic carbocycles. The van der Waals surface area contributed by atoms with Gasteiger partial charge in [-0.25, -0.2) is 9.97 Å². The Hall–Kier alpha value is -1.84. The predicted molar refractivity (Wildman–Crippen MR) is 85.6 cm³/mol. The van der Waals surface area contributed by atoms with Gasteiger partial charge in [-0.2, -0.15) is 0 Å². The number of pyridine rings is 1. The maximum atomic E-state index is 4.50. The summed E-state index contributed by atoms with van der Waals surface area (Å²) in [4.78, 5) is 8.55. The molecule has 4 heteroatoms. The summed E-state index contributed by atoms with van der Waals surface area (Å²) >= 11 is 0. The Balaban J connectivity index is 1.62. The molecule has 112 valence electrons. The summed E-state index contributed by atoms with van der Waals surface area (Å²) in [5, 5.41) is 3.65. The third-order valence-corrected chi connectivity index (χ3v) is 4.55. The summed E-state index contributed by atoms with van der Waals surface area (Å²) in [6.45, 7) is 4.68. The largest absolute Gasteiger partial charge is 0.381 e. The number of hydrogen-bond acceptors (Lipinski definition) is 3. The van der Waals surface area contributed by atoms with Crippen molar-refractivity contribution in [3.63, 3.8) is 0 Å². The van der Waals surface area contributed by atoms with Crippen LogP contribution in [0.15, 0.2) is 37.1 Å². The van der Waals surface area contributed by atoms with Crippen LogP contribution in [-0.2, 0) is 0 Å². The summed E-state index contributed by atoms with van der Waals surface area (Å²) in [6, 6.07) is 4.74. The van der Waals surface area contributed by atoms with Gasteiger partial charge in [0.05, 0.1) is 11.9 Å². The van der Waals surface area contributed by atoms with Gasteiger partial charge in [-0.15, -0.1) is 0 Å². The molecule has 1 saturated carbocycles. The molecule has 0 aromatic carbocycles. The van der Waals surface area contributed by atoms with Crippen molar-refractivity contribution < 1.29 is 0 Å². The molecule has 21 heavy (non-hydrogen) atoms. The first-order chi connectivity index (χ1) is 10.2.